The van der Waals surface area contributed by atoms with E-state index in [9.17, 15) is 14.4 Å². The largest absolute Gasteiger partial charge is 0.335 e. The lowest BCUT2D eigenvalue weighted by molar-refractivity contribution is -0.149. The van der Waals surface area contributed by atoms with Crippen LogP contribution in [0.3, 0.4) is 0 Å². The first-order valence-corrected chi connectivity index (χ1v) is 14.3. The van der Waals surface area contributed by atoms with Gasteiger partial charge in [-0.2, -0.15) is 10.2 Å². The van der Waals surface area contributed by atoms with E-state index in [4.69, 9.17) is 5.10 Å². The van der Waals surface area contributed by atoms with E-state index >= 15 is 0 Å². The predicted molar refractivity (Wildman–Crippen MR) is 162 cm³/mol. The van der Waals surface area contributed by atoms with Gasteiger partial charge in [-0.15, -0.1) is 0 Å². The average molecular weight is 577 g/mol. The number of hydrogen-bond acceptors (Lipinski definition) is 8. The van der Waals surface area contributed by atoms with E-state index in [2.05, 4.69) is 35.6 Å². The van der Waals surface area contributed by atoms with Crippen LogP contribution in [0.15, 0.2) is 88.8 Å². The van der Waals surface area contributed by atoms with Gasteiger partial charge in [-0.1, -0.05) is 66.2 Å². The molecule has 1 unspecified atom stereocenters. The van der Waals surface area contributed by atoms with Crippen molar-refractivity contribution in [2.75, 3.05) is 39.6 Å². The van der Waals surface area contributed by atoms with Crippen molar-refractivity contribution < 1.29 is 9.59 Å². The molecular weight excluding hydrogens is 544 g/mol. The standard InChI is InChI=1S/C32H32N8O3/c1-21-11-13-22(14-12-21)28(32-15-38-18-39(16-32)20-40(17-32)19-38)35-37-31(43)27(33-29(41)23-7-3-2-4-8-23)26-24-9-5-6-10-25(24)30(42)36-34-26/h2-14,27H,15-20H2,1H3,(H,33,41)(H,36,42)(H,37,43)/b35-28-. The molecule has 1 atom stereocenters. The van der Waals surface area contributed by atoms with Crippen LogP contribution in [0.1, 0.15) is 33.2 Å². The monoisotopic (exact) mass is 576 g/mol. The van der Waals surface area contributed by atoms with Crippen molar-refractivity contribution in [1.29, 1.82) is 0 Å². The third-order valence-electron chi connectivity index (χ3n) is 8.46. The summed E-state index contributed by atoms with van der Waals surface area (Å²) in [6.45, 7) is 7.31. The van der Waals surface area contributed by atoms with Gasteiger partial charge in [0.15, 0.2) is 6.04 Å². The number of aromatic nitrogens is 2. The molecule has 4 bridgehead atoms. The van der Waals surface area contributed by atoms with Crippen LogP contribution in [0.25, 0.3) is 10.8 Å². The van der Waals surface area contributed by atoms with Crippen LogP contribution < -0.4 is 16.3 Å². The van der Waals surface area contributed by atoms with Gasteiger partial charge in [0.25, 0.3) is 17.4 Å². The molecule has 0 radical (unpaired) electrons. The number of carbonyl (C=O) groups is 2. The van der Waals surface area contributed by atoms with Crippen LogP contribution in [0.5, 0.6) is 0 Å². The quantitative estimate of drug-likeness (QED) is 0.227. The first-order chi connectivity index (χ1) is 20.9. The fourth-order valence-electron chi connectivity index (χ4n) is 6.74. The van der Waals surface area contributed by atoms with Crippen LogP contribution in [0, 0.1) is 12.3 Å². The Labute approximate surface area is 248 Å². The summed E-state index contributed by atoms with van der Waals surface area (Å²) in [4.78, 5) is 47.1. The third-order valence-corrected chi connectivity index (χ3v) is 8.46. The van der Waals surface area contributed by atoms with Crippen LogP contribution in [-0.2, 0) is 4.79 Å². The van der Waals surface area contributed by atoms with Gasteiger partial charge in [-0.25, -0.2) is 10.5 Å². The summed E-state index contributed by atoms with van der Waals surface area (Å²) in [7, 11) is 0. The van der Waals surface area contributed by atoms with Crippen molar-refractivity contribution in [3.63, 3.8) is 0 Å². The second-order valence-corrected chi connectivity index (χ2v) is 11.7. The van der Waals surface area contributed by atoms with Crippen molar-refractivity contribution in [1.82, 2.24) is 35.6 Å². The highest BCUT2D eigenvalue weighted by molar-refractivity contribution is 6.06. The number of carbonyl (C=O) groups excluding carboxylic acids is 2. The third kappa shape index (κ3) is 5.11. The van der Waals surface area contributed by atoms with E-state index in [0.29, 0.717) is 16.3 Å². The molecule has 1 aromatic heterocycles. The molecule has 4 aliphatic heterocycles. The number of benzene rings is 3. The van der Waals surface area contributed by atoms with E-state index in [1.807, 2.05) is 37.3 Å². The number of H-pyrrole nitrogens is 1. The molecule has 8 rings (SSSR count). The molecule has 11 heteroatoms. The minimum absolute atomic E-state index is 0.224. The van der Waals surface area contributed by atoms with Gasteiger partial charge in [0.05, 0.1) is 36.5 Å². The maximum Gasteiger partial charge on any atom is 0.272 e. The summed E-state index contributed by atoms with van der Waals surface area (Å²) in [6.07, 6.45) is 0. The fraction of sp³-hybridized carbons (Fsp3) is 0.281. The number of nitrogens with zero attached hydrogens (tertiary/aromatic N) is 5. The molecule has 4 aliphatic rings. The van der Waals surface area contributed by atoms with Crippen LogP contribution in [-0.4, -0.2) is 82.1 Å². The molecule has 0 saturated carbocycles. The molecule has 11 nitrogen and oxygen atoms in total. The van der Waals surface area contributed by atoms with Gasteiger partial charge in [-0.3, -0.25) is 29.1 Å². The highest BCUT2D eigenvalue weighted by atomic mass is 16.2. The second kappa shape index (κ2) is 10.8. The van der Waals surface area contributed by atoms with E-state index in [1.54, 1.807) is 48.5 Å². The molecule has 3 aromatic carbocycles. The fourth-order valence-corrected chi connectivity index (χ4v) is 6.74. The van der Waals surface area contributed by atoms with Crippen molar-refractivity contribution in [3.8, 4) is 0 Å². The minimum atomic E-state index is -1.23. The normalized spacial score (nSPS) is 25.0. The Morgan fingerprint density at radius 2 is 1.44 bits per heavy atom. The molecule has 2 amide bonds. The Bertz CT molecular complexity index is 1750. The lowest BCUT2D eigenvalue weighted by Gasteiger charge is -2.60. The zero-order valence-corrected chi connectivity index (χ0v) is 23.8. The highest BCUT2D eigenvalue weighted by Gasteiger charge is 2.52. The number of aryl methyl sites for hydroxylation is 1. The lowest BCUT2D eigenvalue weighted by Crippen LogP contribution is -2.74. The molecule has 218 valence electrons. The molecular formula is C32H32N8O3. The summed E-state index contributed by atoms with van der Waals surface area (Å²) in [6, 6.07) is 22.5. The number of hydrogen-bond donors (Lipinski definition) is 3. The average Bonchev–Trinajstić information content (AvgIpc) is 3.01. The van der Waals surface area contributed by atoms with E-state index in [-0.39, 0.29) is 16.7 Å². The molecule has 4 saturated heterocycles. The lowest BCUT2D eigenvalue weighted by atomic mass is 9.74. The SMILES string of the molecule is Cc1ccc(/C(=N/NC(=O)C(NC(=O)c2ccccc2)c2n[nH]c(=O)c3ccccc23)C23CN4CN(CN(C4)C2)C3)cc1. The van der Waals surface area contributed by atoms with Crippen LogP contribution in [0.2, 0.25) is 0 Å². The molecule has 4 fully saturated rings. The van der Waals surface area contributed by atoms with E-state index in [0.717, 1.165) is 56.5 Å². The summed E-state index contributed by atoms with van der Waals surface area (Å²) < 4.78 is 0. The first-order valence-electron chi connectivity index (χ1n) is 14.3. The smallest absolute Gasteiger partial charge is 0.272 e. The van der Waals surface area contributed by atoms with Crippen molar-refractivity contribution >= 4 is 28.3 Å². The Balaban J connectivity index is 1.28. The number of aromatic amines is 1. The van der Waals surface area contributed by atoms with Gasteiger partial charge in [0, 0.05) is 30.6 Å². The zero-order chi connectivity index (χ0) is 29.6. The summed E-state index contributed by atoms with van der Waals surface area (Å²) in [5, 5.41) is 15.2. The maximum absolute atomic E-state index is 14.1. The summed E-state index contributed by atoms with van der Waals surface area (Å²) in [5.41, 5.74) is 5.61. The molecule has 43 heavy (non-hydrogen) atoms. The minimum Gasteiger partial charge on any atom is -0.335 e. The molecule has 5 heterocycles. The van der Waals surface area contributed by atoms with Gasteiger partial charge in [0.1, 0.15) is 5.69 Å². The van der Waals surface area contributed by atoms with E-state index < -0.39 is 17.9 Å². The maximum atomic E-state index is 14.1. The van der Waals surface area contributed by atoms with Gasteiger partial charge >= 0.3 is 0 Å². The van der Waals surface area contributed by atoms with Crippen molar-refractivity contribution in [2.45, 2.75) is 13.0 Å². The number of rotatable bonds is 7. The topological polar surface area (TPSA) is 126 Å². The van der Waals surface area contributed by atoms with Gasteiger partial charge < -0.3 is 5.32 Å². The number of amides is 2. The molecule has 3 N–H and O–H groups in total. The van der Waals surface area contributed by atoms with Gasteiger partial charge in [0.2, 0.25) is 0 Å². The Morgan fingerprint density at radius 3 is 2.09 bits per heavy atom. The predicted octanol–water partition coefficient (Wildman–Crippen LogP) is 2.03. The molecule has 0 spiro atoms. The van der Waals surface area contributed by atoms with Crippen LogP contribution >= 0.6 is 0 Å². The number of nitrogens with one attached hydrogen (secondary N) is 3. The van der Waals surface area contributed by atoms with Gasteiger partial charge in [-0.05, 0) is 30.7 Å². The summed E-state index contributed by atoms with van der Waals surface area (Å²) >= 11 is 0. The zero-order valence-electron chi connectivity index (χ0n) is 23.8. The summed E-state index contributed by atoms with van der Waals surface area (Å²) in [5.74, 6) is -1.01. The molecule has 0 aliphatic carbocycles. The first kappa shape index (κ1) is 27.1. The Hall–Kier alpha value is -4.71. The van der Waals surface area contributed by atoms with Crippen molar-refractivity contribution in [2.24, 2.45) is 10.5 Å². The van der Waals surface area contributed by atoms with Crippen LogP contribution in [0.4, 0.5) is 0 Å². The van der Waals surface area contributed by atoms with Crippen molar-refractivity contribution in [3.05, 3.63) is 112 Å². The Morgan fingerprint density at radius 1 is 0.837 bits per heavy atom. The second-order valence-electron chi connectivity index (χ2n) is 11.7. The van der Waals surface area contributed by atoms with E-state index in [1.165, 1.54) is 0 Å². The highest BCUT2D eigenvalue weighted by Crippen LogP contribution is 2.38. The Kier molecular flexibility index (Phi) is 6.85. The number of hydrazone groups is 1. The molecule has 4 aromatic rings. The number of fused-ring (bicyclic) bond motifs is 1.